The summed E-state index contributed by atoms with van der Waals surface area (Å²) in [4.78, 5) is 16.7. The van der Waals surface area contributed by atoms with E-state index in [-0.39, 0.29) is 0 Å². The van der Waals surface area contributed by atoms with Crippen LogP contribution in [0.3, 0.4) is 0 Å². The molecular weight excluding hydrogens is 344 g/mol. The largest absolute Gasteiger partial charge is 0.357 e. The number of aryl methyl sites for hydroxylation is 1. The molecule has 6 nitrogen and oxygen atoms in total. The summed E-state index contributed by atoms with van der Waals surface area (Å²) in [7, 11) is 2.09. The second-order valence-corrected chi connectivity index (χ2v) is 7.99. The van der Waals surface area contributed by atoms with Gasteiger partial charge in [-0.3, -0.25) is 4.99 Å². The zero-order chi connectivity index (χ0) is 18.8. The second kappa shape index (κ2) is 11.5. The normalized spacial score (nSPS) is 16.8. The van der Waals surface area contributed by atoms with E-state index in [0.29, 0.717) is 0 Å². The topological polar surface area (TPSA) is 47.0 Å². The SMILES string of the molecule is CCNC(=NCCCCN1CCN(CC)CC1)N(C)Cc1csc(C)n1. The summed E-state index contributed by atoms with van der Waals surface area (Å²) < 4.78 is 0. The van der Waals surface area contributed by atoms with Gasteiger partial charge in [-0.25, -0.2) is 4.98 Å². The van der Waals surface area contributed by atoms with Gasteiger partial charge in [0.25, 0.3) is 0 Å². The molecule has 1 N–H and O–H groups in total. The number of hydrogen-bond acceptors (Lipinski definition) is 5. The molecule has 0 unspecified atom stereocenters. The summed E-state index contributed by atoms with van der Waals surface area (Å²) in [6, 6.07) is 0. The van der Waals surface area contributed by atoms with Gasteiger partial charge in [-0.15, -0.1) is 11.3 Å². The van der Waals surface area contributed by atoms with Crippen LogP contribution in [0.4, 0.5) is 0 Å². The van der Waals surface area contributed by atoms with Gasteiger partial charge in [0.2, 0.25) is 0 Å². The molecule has 7 heteroatoms. The molecular formula is C19H36N6S. The third-order valence-corrected chi connectivity index (χ3v) is 5.64. The van der Waals surface area contributed by atoms with Crippen molar-refractivity contribution in [3.8, 4) is 0 Å². The smallest absolute Gasteiger partial charge is 0.194 e. The van der Waals surface area contributed by atoms with Gasteiger partial charge >= 0.3 is 0 Å². The van der Waals surface area contributed by atoms with Crippen LogP contribution in [0.5, 0.6) is 0 Å². The zero-order valence-electron chi connectivity index (χ0n) is 17.0. The van der Waals surface area contributed by atoms with Crippen LogP contribution in [-0.2, 0) is 6.54 Å². The molecule has 1 aromatic heterocycles. The molecule has 0 atom stereocenters. The van der Waals surface area contributed by atoms with E-state index < -0.39 is 0 Å². The van der Waals surface area contributed by atoms with Gasteiger partial charge in [0.15, 0.2) is 5.96 Å². The number of aliphatic imine (C=N–C) groups is 1. The predicted octanol–water partition coefficient (Wildman–Crippen LogP) is 2.27. The Labute approximate surface area is 163 Å². The van der Waals surface area contributed by atoms with Crippen LogP contribution in [0, 0.1) is 6.92 Å². The number of guanidine groups is 1. The van der Waals surface area contributed by atoms with Crippen molar-refractivity contribution in [3.63, 3.8) is 0 Å². The lowest BCUT2D eigenvalue weighted by atomic mass is 10.2. The van der Waals surface area contributed by atoms with Crippen molar-refractivity contribution in [2.45, 2.75) is 40.2 Å². The Morgan fingerprint density at radius 2 is 1.96 bits per heavy atom. The fourth-order valence-corrected chi connectivity index (χ4v) is 3.83. The maximum atomic E-state index is 4.80. The lowest BCUT2D eigenvalue weighted by Crippen LogP contribution is -2.46. The summed E-state index contributed by atoms with van der Waals surface area (Å²) in [6.45, 7) is 16.3. The summed E-state index contributed by atoms with van der Waals surface area (Å²) in [5.74, 6) is 0.981. The predicted molar refractivity (Wildman–Crippen MR) is 112 cm³/mol. The number of nitrogens with zero attached hydrogens (tertiary/aromatic N) is 5. The van der Waals surface area contributed by atoms with Gasteiger partial charge in [0.05, 0.1) is 17.2 Å². The lowest BCUT2D eigenvalue weighted by molar-refractivity contribution is 0.136. The Morgan fingerprint density at radius 3 is 2.58 bits per heavy atom. The molecule has 1 aliphatic heterocycles. The van der Waals surface area contributed by atoms with Crippen LogP contribution in [0.15, 0.2) is 10.4 Å². The highest BCUT2D eigenvalue weighted by molar-refractivity contribution is 7.09. The summed E-state index contributed by atoms with van der Waals surface area (Å²) in [5.41, 5.74) is 1.12. The minimum Gasteiger partial charge on any atom is -0.357 e. The van der Waals surface area contributed by atoms with E-state index in [9.17, 15) is 0 Å². The number of nitrogens with one attached hydrogen (secondary N) is 1. The number of unbranched alkanes of at least 4 members (excludes halogenated alkanes) is 1. The molecule has 0 aromatic carbocycles. The molecule has 148 valence electrons. The third kappa shape index (κ3) is 7.21. The molecule has 0 radical (unpaired) electrons. The minimum absolute atomic E-state index is 0.803. The number of rotatable bonds is 9. The molecule has 1 saturated heterocycles. The summed E-state index contributed by atoms with van der Waals surface area (Å²) >= 11 is 1.71. The Balaban J connectivity index is 1.69. The average Bonchev–Trinajstić information content (AvgIpc) is 3.05. The molecule has 2 heterocycles. The Morgan fingerprint density at radius 1 is 1.23 bits per heavy atom. The van der Waals surface area contributed by atoms with Crippen molar-refractivity contribution in [1.29, 1.82) is 0 Å². The van der Waals surface area contributed by atoms with Gasteiger partial charge in [0, 0.05) is 51.7 Å². The first-order chi connectivity index (χ1) is 12.6. The molecule has 0 saturated carbocycles. The standard InChI is InChI=1S/C19H36N6S/c1-5-20-19(23(4)15-18-16-26-17(3)22-18)21-9-7-8-10-25-13-11-24(6-2)12-14-25/h16H,5-15H2,1-4H3,(H,20,21). The van der Waals surface area contributed by atoms with Crippen LogP contribution in [0.25, 0.3) is 0 Å². The molecule has 0 spiro atoms. The molecule has 1 aromatic rings. The van der Waals surface area contributed by atoms with E-state index in [1.54, 1.807) is 11.3 Å². The first kappa shape index (κ1) is 21.1. The van der Waals surface area contributed by atoms with Crippen molar-refractivity contribution in [2.24, 2.45) is 4.99 Å². The highest BCUT2D eigenvalue weighted by Gasteiger charge is 2.14. The van der Waals surface area contributed by atoms with Crippen LogP contribution in [0.2, 0.25) is 0 Å². The van der Waals surface area contributed by atoms with E-state index in [4.69, 9.17) is 4.99 Å². The van der Waals surface area contributed by atoms with Crippen molar-refractivity contribution >= 4 is 17.3 Å². The van der Waals surface area contributed by atoms with Crippen LogP contribution < -0.4 is 5.32 Å². The lowest BCUT2D eigenvalue weighted by Gasteiger charge is -2.33. The maximum Gasteiger partial charge on any atom is 0.194 e. The molecule has 26 heavy (non-hydrogen) atoms. The summed E-state index contributed by atoms with van der Waals surface area (Å²) in [6.07, 6.45) is 2.37. The van der Waals surface area contributed by atoms with Gasteiger partial charge < -0.3 is 20.0 Å². The fraction of sp³-hybridized carbons (Fsp3) is 0.789. The first-order valence-corrected chi connectivity index (χ1v) is 10.9. The first-order valence-electron chi connectivity index (χ1n) is 9.97. The molecule has 0 aliphatic carbocycles. The van der Waals surface area contributed by atoms with E-state index in [1.165, 1.54) is 45.7 Å². The zero-order valence-corrected chi connectivity index (χ0v) is 17.8. The van der Waals surface area contributed by atoms with Crippen molar-refractivity contribution < 1.29 is 0 Å². The molecule has 2 rings (SSSR count). The number of aromatic nitrogens is 1. The number of thiazole rings is 1. The number of likely N-dealkylation sites (N-methyl/N-ethyl adjacent to an activating group) is 1. The highest BCUT2D eigenvalue weighted by atomic mass is 32.1. The average molecular weight is 381 g/mol. The maximum absolute atomic E-state index is 4.80. The molecule has 0 amide bonds. The van der Waals surface area contributed by atoms with E-state index in [1.807, 2.05) is 0 Å². The Kier molecular flexibility index (Phi) is 9.36. The summed E-state index contributed by atoms with van der Waals surface area (Å²) in [5, 5.41) is 6.65. The van der Waals surface area contributed by atoms with Gasteiger partial charge in [0.1, 0.15) is 0 Å². The Hall–Kier alpha value is -1.18. The number of piperazine rings is 1. The van der Waals surface area contributed by atoms with E-state index in [2.05, 4.69) is 58.2 Å². The van der Waals surface area contributed by atoms with Crippen LogP contribution in [0.1, 0.15) is 37.4 Å². The van der Waals surface area contributed by atoms with Crippen molar-refractivity contribution in [1.82, 2.24) is 25.0 Å². The van der Waals surface area contributed by atoms with Gasteiger partial charge in [-0.1, -0.05) is 6.92 Å². The van der Waals surface area contributed by atoms with Gasteiger partial charge in [-0.2, -0.15) is 0 Å². The van der Waals surface area contributed by atoms with Gasteiger partial charge in [-0.05, 0) is 39.8 Å². The monoisotopic (exact) mass is 380 g/mol. The fourth-order valence-electron chi connectivity index (χ4n) is 3.23. The Bertz CT molecular complexity index is 536. The highest BCUT2D eigenvalue weighted by Crippen LogP contribution is 2.10. The van der Waals surface area contributed by atoms with E-state index >= 15 is 0 Å². The van der Waals surface area contributed by atoms with Crippen molar-refractivity contribution in [2.75, 3.05) is 59.4 Å². The van der Waals surface area contributed by atoms with Crippen LogP contribution >= 0.6 is 11.3 Å². The molecule has 1 aliphatic rings. The molecule has 0 bridgehead atoms. The quantitative estimate of drug-likeness (QED) is 0.405. The second-order valence-electron chi connectivity index (χ2n) is 6.93. The van der Waals surface area contributed by atoms with E-state index in [0.717, 1.165) is 42.7 Å². The van der Waals surface area contributed by atoms with Crippen molar-refractivity contribution in [3.05, 3.63) is 16.1 Å². The minimum atomic E-state index is 0.803. The molecule has 1 fully saturated rings. The van der Waals surface area contributed by atoms with Crippen LogP contribution in [-0.4, -0.2) is 85.0 Å². The third-order valence-electron chi connectivity index (χ3n) is 4.82. The number of hydrogen-bond donors (Lipinski definition) is 1.